The number of nitrogens with zero attached hydrogens (tertiary/aromatic N) is 1. The summed E-state index contributed by atoms with van der Waals surface area (Å²) in [5.74, 6) is -0.642. The molecule has 0 unspecified atom stereocenters. The Labute approximate surface area is 391 Å². The first-order valence-corrected chi connectivity index (χ1v) is 23.4. The highest BCUT2D eigenvalue weighted by molar-refractivity contribution is 5.86. The maximum atomic E-state index is 12.3. The van der Waals surface area contributed by atoms with E-state index in [0.717, 1.165) is 35.1 Å². The number of esters is 1. The minimum absolute atomic E-state index is 0.0232. The number of nitro groups is 1. The average molecular weight is 908 g/mol. The van der Waals surface area contributed by atoms with Crippen LogP contribution >= 0.6 is 0 Å². The van der Waals surface area contributed by atoms with E-state index in [1.54, 1.807) is 20.8 Å². The van der Waals surface area contributed by atoms with Crippen LogP contribution in [0.5, 0.6) is 0 Å². The summed E-state index contributed by atoms with van der Waals surface area (Å²) < 4.78 is 43.4. The van der Waals surface area contributed by atoms with Crippen molar-refractivity contribution in [1.29, 1.82) is 0 Å². The molecule has 0 spiro atoms. The van der Waals surface area contributed by atoms with E-state index >= 15 is 0 Å². The minimum Gasteiger partial charge on any atom is -0.458 e. The summed E-state index contributed by atoms with van der Waals surface area (Å²) in [6.45, 7) is 15.0. The van der Waals surface area contributed by atoms with E-state index in [1.807, 2.05) is 116 Å². The molecule has 0 saturated carbocycles. The highest BCUT2D eigenvalue weighted by Crippen LogP contribution is 2.37. The monoisotopic (exact) mass is 907 g/mol. The van der Waals surface area contributed by atoms with Crippen LogP contribution in [0, 0.1) is 22.0 Å². The first-order valence-electron chi connectivity index (χ1n) is 23.4. The Balaban J connectivity index is 0.000000255. The molecular weight excluding hydrogens is 839 g/mol. The summed E-state index contributed by atoms with van der Waals surface area (Å²) >= 11 is 0. The Bertz CT molecular complexity index is 2080. The van der Waals surface area contributed by atoms with Crippen LogP contribution in [0.1, 0.15) is 96.4 Å². The molecule has 12 heteroatoms. The third-order valence-corrected chi connectivity index (χ3v) is 12.3. The molecule has 2 fully saturated rings. The number of rotatable bonds is 21. The number of hydrogen-bond acceptors (Lipinski definition) is 11. The van der Waals surface area contributed by atoms with Gasteiger partial charge in [-0.3, -0.25) is 14.9 Å². The summed E-state index contributed by atoms with van der Waals surface area (Å²) in [4.78, 5) is 35.3. The van der Waals surface area contributed by atoms with Crippen LogP contribution in [-0.2, 0) is 69.2 Å². The molecule has 12 nitrogen and oxygen atoms in total. The third kappa shape index (κ3) is 15.2. The van der Waals surface area contributed by atoms with Crippen LogP contribution in [0.2, 0.25) is 0 Å². The standard InChI is InChI=1S/C29H37NO7.C25H32O4/c1-5-24-21(4)27(35-18-22-13-9-7-10-14-22)28(36-19-23-15-11-8-12-16-23)25(37-24)17-20(3)26(30(32)33)29(31)34-6-2;1-4-22-19(3)24(27-16-20-11-7-5-8-12-20)25(23(29-22)15-18(2)26)28-17-21-13-9-6-10-14-21/h7-16,21,24-25,27-28H,5-6,17-19H2,1-4H3;5-14,19,22-25H,4,15-17H2,1-3H3/b26-20+;/t21-,24+,25-,27-,28-;19-,22+,23-,24-,25-/m00/s1. The highest BCUT2D eigenvalue weighted by atomic mass is 16.6. The fourth-order valence-corrected chi connectivity index (χ4v) is 8.81. The number of carbonyl (C=O) groups is 2. The van der Waals surface area contributed by atoms with Gasteiger partial charge in [-0.05, 0) is 55.9 Å². The molecule has 0 aromatic heterocycles. The van der Waals surface area contributed by atoms with Crippen molar-refractivity contribution in [2.75, 3.05) is 6.61 Å². The van der Waals surface area contributed by atoms with Crippen molar-refractivity contribution in [3.8, 4) is 0 Å². The fraction of sp³-hybridized carbons (Fsp3) is 0.481. The van der Waals surface area contributed by atoms with Crippen LogP contribution in [0.25, 0.3) is 0 Å². The van der Waals surface area contributed by atoms with Crippen LogP contribution in [0.3, 0.4) is 0 Å². The summed E-state index contributed by atoms with van der Waals surface area (Å²) in [7, 11) is 0. The van der Waals surface area contributed by atoms with Crippen molar-refractivity contribution < 1.29 is 47.7 Å². The Hall–Kier alpha value is -5.08. The zero-order valence-electron chi connectivity index (χ0n) is 39.6. The van der Waals surface area contributed by atoms with Gasteiger partial charge in [-0.25, -0.2) is 4.79 Å². The number of benzene rings is 4. The van der Waals surface area contributed by atoms with Gasteiger partial charge in [0.2, 0.25) is 0 Å². The van der Waals surface area contributed by atoms with Crippen molar-refractivity contribution >= 4 is 11.8 Å². The zero-order valence-corrected chi connectivity index (χ0v) is 39.6. The molecule has 356 valence electrons. The topological polar surface area (TPSA) is 142 Å². The summed E-state index contributed by atoms with van der Waals surface area (Å²) in [5, 5.41) is 11.7. The highest BCUT2D eigenvalue weighted by Gasteiger charge is 2.47. The number of carbonyl (C=O) groups excluding carboxylic acids is 2. The predicted octanol–water partition coefficient (Wildman–Crippen LogP) is 10.4. The van der Waals surface area contributed by atoms with Crippen LogP contribution < -0.4 is 0 Å². The molecule has 0 aliphatic carbocycles. The molecule has 6 rings (SSSR count). The Kier molecular flexibility index (Phi) is 21.2. The Morgan fingerprint density at radius 1 is 0.530 bits per heavy atom. The van der Waals surface area contributed by atoms with Crippen molar-refractivity contribution in [3.05, 3.63) is 165 Å². The van der Waals surface area contributed by atoms with E-state index in [0.29, 0.717) is 32.8 Å². The maximum Gasteiger partial charge on any atom is 0.409 e. The molecule has 10 atom stereocenters. The number of ether oxygens (including phenoxy) is 7. The molecule has 4 aromatic carbocycles. The van der Waals surface area contributed by atoms with Crippen LogP contribution in [0.15, 0.2) is 133 Å². The van der Waals surface area contributed by atoms with Gasteiger partial charge in [0, 0.05) is 30.3 Å². The van der Waals surface area contributed by atoms with Gasteiger partial charge in [0.15, 0.2) is 0 Å². The van der Waals surface area contributed by atoms with Gasteiger partial charge in [0.1, 0.15) is 18.0 Å². The fourth-order valence-electron chi connectivity index (χ4n) is 8.81. The molecule has 0 bridgehead atoms. The van der Waals surface area contributed by atoms with Gasteiger partial charge < -0.3 is 33.2 Å². The second-order valence-electron chi connectivity index (χ2n) is 17.2. The molecule has 0 amide bonds. The van der Waals surface area contributed by atoms with Crippen molar-refractivity contribution in [3.63, 3.8) is 0 Å². The van der Waals surface area contributed by atoms with Gasteiger partial charge in [-0.2, -0.15) is 0 Å². The molecule has 2 aliphatic heterocycles. The zero-order chi connectivity index (χ0) is 47.4. The van der Waals surface area contributed by atoms with Crippen LogP contribution in [0.4, 0.5) is 0 Å². The second-order valence-corrected chi connectivity index (χ2v) is 17.2. The predicted molar refractivity (Wildman–Crippen MR) is 253 cm³/mol. The number of ketones is 1. The van der Waals surface area contributed by atoms with E-state index in [4.69, 9.17) is 33.2 Å². The van der Waals surface area contributed by atoms with Gasteiger partial charge >= 0.3 is 11.7 Å². The van der Waals surface area contributed by atoms with Crippen LogP contribution in [-0.4, -0.2) is 72.1 Å². The van der Waals surface area contributed by atoms with Gasteiger partial charge in [-0.15, -0.1) is 0 Å². The largest absolute Gasteiger partial charge is 0.458 e. The van der Waals surface area contributed by atoms with E-state index in [-0.39, 0.29) is 72.8 Å². The third-order valence-electron chi connectivity index (χ3n) is 12.3. The summed E-state index contributed by atoms with van der Waals surface area (Å²) in [5.41, 5.74) is 4.00. The molecule has 4 aromatic rings. The lowest BCUT2D eigenvalue weighted by Gasteiger charge is -2.45. The van der Waals surface area contributed by atoms with E-state index in [1.165, 1.54) is 0 Å². The maximum absolute atomic E-state index is 12.3. The quantitative estimate of drug-likeness (QED) is 0.0341. The van der Waals surface area contributed by atoms with Gasteiger partial charge in [0.05, 0.1) is 74.6 Å². The number of Topliss-reactive ketones (excluding diaryl/α,β-unsaturated/α-hetero) is 1. The molecule has 2 saturated heterocycles. The lowest BCUT2D eigenvalue weighted by atomic mass is 9.84. The van der Waals surface area contributed by atoms with Crippen molar-refractivity contribution in [1.82, 2.24) is 0 Å². The van der Waals surface area contributed by atoms with Crippen molar-refractivity contribution in [2.24, 2.45) is 11.8 Å². The molecule has 0 N–H and O–H groups in total. The number of hydrogen-bond donors (Lipinski definition) is 0. The summed E-state index contributed by atoms with van der Waals surface area (Å²) in [6, 6.07) is 40.0. The molecule has 2 aliphatic rings. The average Bonchev–Trinajstić information content (AvgIpc) is 3.32. The normalized spacial score (nSPS) is 25.4. The molecule has 2 heterocycles. The van der Waals surface area contributed by atoms with E-state index in [9.17, 15) is 19.7 Å². The van der Waals surface area contributed by atoms with Gasteiger partial charge in [-0.1, -0.05) is 149 Å². The Morgan fingerprint density at radius 2 is 0.864 bits per heavy atom. The lowest BCUT2D eigenvalue weighted by molar-refractivity contribution is -0.422. The SMILES string of the molecule is CCOC(=O)/C(=C(/C)C[C@@H]1O[C@H](CC)[C@H](C)[C@H](OCc2ccccc2)[C@H]1OCc1ccccc1)[N+](=O)[O-].CC[C@H]1O[C@@H](CC(C)=O)[C@H](OCc2ccccc2)[C@@H](OCc2ccccc2)[C@H]1C. The van der Waals surface area contributed by atoms with Gasteiger partial charge in [0.25, 0.3) is 0 Å². The minimum atomic E-state index is -0.945. The molecular formula is C54H69NO11. The molecule has 66 heavy (non-hydrogen) atoms. The summed E-state index contributed by atoms with van der Waals surface area (Å²) in [6.07, 6.45) is -0.0572. The second kappa shape index (κ2) is 26.9. The Morgan fingerprint density at radius 3 is 1.17 bits per heavy atom. The van der Waals surface area contributed by atoms with E-state index < -0.39 is 28.8 Å². The van der Waals surface area contributed by atoms with Crippen molar-refractivity contribution in [2.45, 2.75) is 149 Å². The lowest BCUT2D eigenvalue weighted by Crippen LogP contribution is -2.55. The molecule has 0 radical (unpaired) electrons. The van der Waals surface area contributed by atoms with E-state index in [2.05, 4.69) is 32.9 Å². The first-order chi connectivity index (χ1) is 31.9. The smallest absolute Gasteiger partial charge is 0.409 e. The first kappa shape index (κ1) is 51.9.